The highest BCUT2D eigenvalue weighted by molar-refractivity contribution is 7.90. The van der Waals surface area contributed by atoms with Crippen molar-refractivity contribution in [3.63, 3.8) is 0 Å². The van der Waals surface area contributed by atoms with E-state index in [1.54, 1.807) is 0 Å². The molecule has 0 radical (unpaired) electrons. The lowest BCUT2D eigenvalue weighted by molar-refractivity contribution is -0.0856. The number of morpholine rings is 1. The van der Waals surface area contributed by atoms with Crippen molar-refractivity contribution in [2.24, 2.45) is 0 Å². The molecule has 1 aliphatic carbocycles. The van der Waals surface area contributed by atoms with Gasteiger partial charge in [-0.3, -0.25) is 5.32 Å². The number of nitrogens with zero attached hydrogens (tertiary/aromatic N) is 3. The maximum atomic E-state index is 12.5. The SMILES string of the molecule is CC(C)(C)OC(=O)Nc1ccc2c(c1)[C@]1(CCC2)Cc2nc(S(C)(=O)=O)nc(N3CCOCC3)c2CO1. The van der Waals surface area contributed by atoms with Crippen LogP contribution in [-0.4, -0.2) is 62.6 Å². The minimum Gasteiger partial charge on any atom is -0.444 e. The van der Waals surface area contributed by atoms with Crippen molar-refractivity contribution in [2.75, 3.05) is 42.8 Å². The number of aromatic nitrogens is 2. The third kappa shape index (κ3) is 5.44. The van der Waals surface area contributed by atoms with E-state index in [-0.39, 0.29) is 11.8 Å². The number of ether oxygens (including phenoxy) is 3. The second-order valence-electron chi connectivity index (χ2n) is 10.9. The molecule has 1 atom stereocenters. The molecule has 0 saturated carbocycles. The molecule has 2 aliphatic heterocycles. The molecule has 5 rings (SSSR count). The number of nitrogens with one attached hydrogen (secondary N) is 1. The average Bonchev–Trinajstić information content (AvgIpc) is 2.82. The Morgan fingerprint density at radius 3 is 2.65 bits per heavy atom. The van der Waals surface area contributed by atoms with Gasteiger partial charge in [0.15, 0.2) is 0 Å². The molecule has 200 valence electrons. The van der Waals surface area contributed by atoms with Gasteiger partial charge in [0.25, 0.3) is 0 Å². The van der Waals surface area contributed by atoms with E-state index in [1.807, 2.05) is 39.0 Å². The molecule has 1 spiro atoms. The van der Waals surface area contributed by atoms with Crippen LogP contribution in [0.3, 0.4) is 0 Å². The number of hydrogen-bond donors (Lipinski definition) is 1. The molecule has 1 saturated heterocycles. The van der Waals surface area contributed by atoms with Gasteiger partial charge in [-0.15, -0.1) is 0 Å². The van der Waals surface area contributed by atoms with E-state index in [4.69, 9.17) is 14.2 Å². The van der Waals surface area contributed by atoms with Crippen LogP contribution in [0.15, 0.2) is 23.4 Å². The van der Waals surface area contributed by atoms with Crippen LogP contribution in [0.1, 0.15) is 56.0 Å². The second kappa shape index (κ2) is 9.52. The second-order valence-corrected chi connectivity index (χ2v) is 12.8. The summed E-state index contributed by atoms with van der Waals surface area (Å²) in [6, 6.07) is 5.84. The van der Waals surface area contributed by atoms with Crippen LogP contribution in [0.2, 0.25) is 0 Å². The Labute approximate surface area is 217 Å². The minimum atomic E-state index is -3.62. The zero-order valence-corrected chi connectivity index (χ0v) is 22.6. The number of amides is 1. The molecular formula is C26H34N4O6S. The average molecular weight is 531 g/mol. The van der Waals surface area contributed by atoms with Crippen LogP contribution >= 0.6 is 0 Å². The van der Waals surface area contributed by atoms with E-state index in [0.29, 0.717) is 49.9 Å². The topological polar surface area (TPSA) is 120 Å². The maximum absolute atomic E-state index is 12.5. The van der Waals surface area contributed by atoms with Crippen molar-refractivity contribution in [3.05, 3.63) is 40.6 Å². The third-order valence-corrected chi connectivity index (χ3v) is 7.76. The van der Waals surface area contributed by atoms with Crippen LogP contribution in [-0.2, 0) is 49.1 Å². The predicted molar refractivity (Wildman–Crippen MR) is 138 cm³/mol. The van der Waals surface area contributed by atoms with Crippen molar-refractivity contribution in [1.82, 2.24) is 9.97 Å². The molecule has 10 nitrogen and oxygen atoms in total. The predicted octanol–water partition coefficient (Wildman–Crippen LogP) is 3.37. The highest BCUT2D eigenvalue weighted by Crippen LogP contribution is 2.46. The van der Waals surface area contributed by atoms with Gasteiger partial charge < -0.3 is 19.1 Å². The van der Waals surface area contributed by atoms with Crippen molar-refractivity contribution >= 4 is 27.4 Å². The highest BCUT2D eigenvalue weighted by atomic mass is 32.2. The van der Waals surface area contributed by atoms with Gasteiger partial charge in [-0.25, -0.2) is 23.2 Å². The number of fused-ring (bicyclic) bond motifs is 3. The summed E-state index contributed by atoms with van der Waals surface area (Å²) in [6.45, 7) is 8.09. The van der Waals surface area contributed by atoms with E-state index in [9.17, 15) is 13.2 Å². The summed E-state index contributed by atoms with van der Waals surface area (Å²) >= 11 is 0. The number of rotatable bonds is 3. The smallest absolute Gasteiger partial charge is 0.412 e. The maximum Gasteiger partial charge on any atom is 0.412 e. The van der Waals surface area contributed by atoms with Gasteiger partial charge in [0, 0.05) is 37.0 Å². The van der Waals surface area contributed by atoms with Crippen LogP contribution < -0.4 is 10.2 Å². The van der Waals surface area contributed by atoms with Crippen LogP contribution in [0.5, 0.6) is 0 Å². The lowest BCUT2D eigenvalue weighted by Gasteiger charge is -2.43. The first kappa shape index (κ1) is 25.9. The number of anilines is 2. The Bertz CT molecular complexity index is 1320. The molecule has 0 unspecified atom stereocenters. The van der Waals surface area contributed by atoms with E-state index >= 15 is 0 Å². The number of aryl methyl sites for hydroxylation is 1. The summed E-state index contributed by atoms with van der Waals surface area (Å²) in [5, 5.41) is 2.67. The van der Waals surface area contributed by atoms with Gasteiger partial charge in [-0.2, -0.15) is 0 Å². The lowest BCUT2D eigenvalue weighted by Crippen LogP contribution is -2.42. The molecule has 1 amide bonds. The largest absolute Gasteiger partial charge is 0.444 e. The Kier molecular flexibility index (Phi) is 6.66. The fourth-order valence-corrected chi connectivity index (χ4v) is 5.80. The van der Waals surface area contributed by atoms with Crippen LogP contribution in [0.25, 0.3) is 0 Å². The summed E-state index contributed by atoms with van der Waals surface area (Å²) in [5.74, 6) is 0.611. The Morgan fingerprint density at radius 2 is 1.95 bits per heavy atom. The monoisotopic (exact) mass is 530 g/mol. The van der Waals surface area contributed by atoms with Crippen molar-refractivity contribution in [2.45, 2.75) is 69.4 Å². The van der Waals surface area contributed by atoms with E-state index in [2.05, 4.69) is 20.2 Å². The van der Waals surface area contributed by atoms with Gasteiger partial charge in [0.1, 0.15) is 11.4 Å². The van der Waals surface area contributed by atoms with E-state index in [1.165, 1.54) is 0 Å². The van der Waals surface area contributed by atoms with E-state index < -0.39 is 27.1 Å². The van der Waals surface area contributed by atoms with Crippen molar-refractivity contribution in [1.29, 1.82) is 0 Å². The molecule has 3 aliphatic rings. The summed E-state index contributed by atoms with van der Waals surface area (Å²) in [5.41, 5.74) is 3.01. The molecule has 1 N–H and O–H groups in total. The number of sulfone groups is 1. The standard InChI is InChI=1S/C26H34N4O6S/c1-25(2,3)36-24(31)27-18-8-7-17-6-5-9-26(20(17)14-18)15-21-19(16-35-26)22(30-10-12-34-13-11-30)29-23(28-21)37(4,32)33/h7-8,14H,5-6,9-13,15-16H2,1-4H3,(H,27,31)/t26-/m0/s1. The zero-order valence-electron chi connectivity index (χ0n) is 21.8. The number of carbonyl (C=O) groups excluding carboxylic acids is 1. The first-order valence-corrected chi connectivity index (χ1v) is 14.5. The normalized spacial score (nSPS) is 21.8. The Hall–Kier alpha value is -2.76. The molecule has 0 bridgehead atoms. The lowest BCUT2D eigenvalue weighted by atomic mass is 9.74. The van der Waals surface area contributed by atoms with Gasteiger partial charge >= 0.3 is 6.09 Å². The van der Waals surface area contributed by atoms with Gasteiger partial charge in [0.2, 0.25) is 15.0 Å². The van der Waals surface area contributed by atoms with E-state index in [0.717, 1.165) is 42.2 Å². The van der Waals surface area contributed by atoms with Gasteiger partial charge in [-0.1, -0.05) is 6.07 Å². The third-order valence-electron chi connectivity index (χ3n) is 6.91. The molecule has 3 heterocycles. The summed E-state index contributed by atoms with van der Waals surface area (Å²) < 4.78 is 42.6. The molecular weight excluding hydrogens is 496 g/mol. The fourth-order valence-electron chi connectivity index (χ4n) is 5.27. The minimum absolute atomic E-state index is 0.166. The molecule has 1 aromatic carbocycles. The molecule has 2 aromatic rings. The highest BCUT2D eigenvalue weighted by Gasteiger charge is 2.43. The molecule has 11 heteroatoms. The summed E-state index contributed by atoms with van der Waals surface area (Å²) in [7, 11) is -3.62. The summed E-state index contributed by atoms with van der Waals surface area (Å²) in [4.78, 5) is 23.5. The van der Waals surface area contributed by atoms with Crippen LogP contribution in [0.4, 0.5) is 16.3 Å². The first-order valence-electron chi connectivity index (χ1n) is 12.6. The fraction of sp³-hybridized carbons (Fsp3) is 0.577. The Balaban J connectivity index is 1.52. The van der Waals surface area contributed by atoms with Gasteiger partial charge in [-0.05, 0) is 63.3 Å². The van der Waals surface area contributed by atoms with Crippen LogP contribution in [0, 0.1) is 0 Å². The molecule has 1 fully saturated rings. The summed E-state index contributed by atoms with van der Waals surface area (Å²) in [6.07, 6.45) is 3.64. The van der Waals surface area contributed by atoms with Gasteiger partial charge in [0.05, 0.1) is 31.1 Å². The Morgan fingerprint density at radius 1 is 1.19 bits per heavy atom. The quantitative estimate of drug-likeness (QED) is 0.596. The number of hydrogen-bond acceptors (Lipinski definition) is 9. The molecule has 1 aromatic heterocycles. The number of carbonyl (C=O) groups is 1. The number of benzene rings is 1. The zero-order chi connectivity index (χ0) is 26.4. The molecule has 37 heavy (non-hydrogen) atoms. The first-order chi connectivity index (χ1) is 17.4. The van der Waals surface area contributed by atoms with Crippen molar-refractivity contribution < 1.29 is 27.4 Å². The van der Waals surface area contributed by atoms with Crippen molar-refractivity contribution in [3.8, 4) is 0 Å².